The monoisotopic (exact) mass is 256 g/mol. The van der Waals surface area contributed by atoms with Crippen molar-refractivity contribution in [2.75, 3.05) is 0 Å². The Morgan fingerprint density at radius 3 is 2.79 bits per heavy atom. The van der Waals surface area contributed by atoms with Gasteiger partial charge in [-0.2, -0.15) is 0 Å². The fourth-order valence-electron chi connectivity index (χ4n) is 4.33. The number of nitrogens with zero attached hydrogens (tertiary/aromatic N) is 1. The number of fused-ring (bicyclic) bond motifs is 3. The summed E-state index contributed by atoms with van der Waals surface area (Å²) in [4.78, 5) is 14.6. The zero-order valence-corrected chi connectivity index (χ0v) is 11.1. The Hall–Kier alpha value is -1.35. The van der Waals surface area contributed by atoms with Crippen LogP contribution in [0.25, 0.3) is 0 Å². The first-order valence-corrected chi connectivity index (χ1v) is 7.47. The molecule has 3 atom stereocenters. The van der Waals surface area contributed by atoms with E-state index in [1.54, 1.807) is 0 Å². The van der Waals surface area contributed by atoms with Crippen molar-refractivity contribution < 1.29 is 4.79 Å². The van der Waals surface area contributed by atoms with Crippen LogP contribution in [0, 0.1) is 0 Å². The van der Waals surface area contributed by atoms with Crippen LogP contribution in [-0.4, -0.2) is 22.9 Å². The lowest BCUT2D eigenvalue weighted by Gasteiger charge is -2.35. The van der Waals surface area contributed by atoms with Crippen LogP contribution in [0.15, 0.2) is 30.3 Å². The predicted octanol–water partition coefficient (Wildman–Crippen LogP) is 2.38. The molecule has 1 saturated carbocycles. The van der Waals surface area contributed by atoms with Gasteiger partial charge >= 0.3 is 0 Å². The van der Waals surface area contributed by atoms with Gasteiger partial charge in [-0.1, -0.05) is 43.2 Å². The number of carbonyl (C=O) groups excluding carboxylic acids is 1. The van der Waals surface area contributed by atoms with Gasteiger partial charge in [-0.3, -0.25) is 10.1 Å². The Morgan fingerprint density at radius 1 is 1.16 bits per heavy atom. The minimum Gasteiger partial charge on any atom is -0.316 e. The molecule has 3 nitrogen and oxygen atoms in total. The van der Waals surface area contributed by atoms with Crippen molar-refractivity contribution in [2.45, 2.75) is 56.3 Å². The molecule has 0 spiro atoms. The number of benzene rings is 1. The third kappa shape index (κ3) is 1.51. The first-order valence-electron chi connectivity index (χ1n) is 7.47. The highest BCUT2D eigenvalue weighted by Crippen LogP contribution is 2.47. The maximum Gasteiger partial charge on any atom is 0.224 e. The molecule has 1 amide bonds. The number of carbonyl (C=O) groups is 1. The van der Waals surface area contributed by atoms with Crippen molar-refractivity contribution in [2.24, 2.45) is 0 Å². The quantitative estimate of drug-likeness (QED) is 0.836. The third-order valence-electron chi connectivity index (χ3n) is 5.12. The van der Waals surface area contributed by atoms with E-state index in [0.29, 0.717) is 24.4 Å². The predicted molar refractivity (Wildman–Crippen MR) is 73.4 cm³/mol. The third-order valence-corrected chi connectivity index (χ3v) is 5.12. The van der Waals surface area contributed by atoms with E-state index in [1.807, 2.05) is 6.07 Å². The molecule has 2 aliphatic heterocycles. The van der Waals surface area contributed by atoms with Crippen LogP contribution in [0.1, 0.15) is 44.1 Å². The maximum atomic E-state index is 12.4. The number of nitrogens with one attached hydrogen (secondary N) is 1. The van der Waals surface area contributed by atoms with E-state index < -0.39 is 0 Å². The molecule has 3 aliphatic rings. The minimum absolute atomic E-state index is 0.210. The molecule has 3 heteroatoms. The number of rotatable bonds is 1. The largest absolute Gasteiger partial charge is 0.316 e. The van der Waals surface area contributed by atoms with Crippen molar-refractivity contribution in [3.8, 4) is 0 Å². The lowest BCUT2D eigenvalue weighted by atomic mass is 9.91. The van der Waals surface area contributed by atoms with Crippen LogP contribution < -0.4 is 5.32 Å². The molecule has 19 heavy (non-hydrogen) atoms. The van der Waals surface area contributed by atoms with Crippen LogP contribution in [0.4, 0.5) is 0 Å². The van der Waals surface area contributed by atoms with Gasteiger partial charge in [-0.25, -0.2) is 0 Å². The van der Waals surface area contributed by atoms with Gasteiger partial charge in [-0.05, 0) is 24.8 Å². The minimum atomic E-state index is -0.210. The van der Waals surface area contributed by atoms with E-state index in [9.17, 15) is 4.79 Å². The highest BCUT2D eigenvalue weighted by molar-refractivity contribution is 5.81. The van der Waals surface area contributed by atoms with Crippen molar-refractivity contribution >= 4 is 5.91 Å². The van der Waals surface area contributed by atoms with Gasteiger partial charge in [0.1, 0.15) is 5.66 Å². The van der Waals surface area contributed by atoms with E-state index in [0.717, 1.165) is 12.8 Å². The zero-order valence-electron chi connectivity index (χ0n) is 11.1. The van der Waals surface area contributed by atoms with Crippen LogP contribution in [0.3, 0.4) is 0 Å². The van der Waals surface area contributed by atoms with Crippen molar-refractivity contribution in [3.05, 3.63) is 35.9 Å². The van der Waals surface area contributed by atoms with Gasteiger partial charge in [0.25, 0.3) is 0 Å². The van der Waals surface area contributed by atoms with E-state index >= 15 is 0 Å². The summed E-state index contributed by atoms with van der Waals surface area (Å²) in [7, 11) is 0. The van der Waals surface area contributed by atoms with E-state index in [-0.39, 0.29) is 5.66 Å². The molecular weight excluding hydrogens is 236 g/mol. The summed E-state index contributed by atoms with van der Waals surface area (Å²) in [5, 5.41) is 3.82. The molecule has 100 valence electrons. The summed E-state index contributed by atoms with van der Waals surface area (Å²) in [6, 6.07) is 11.4. The SMILES string of the molecule is O=C1CC[C@@]2(c3ccccc3)N[C@H]3CCCC[C@H]3N12. The molecule has 0 aromatic heterocycles. The van der Waals surface area contributed by atoms with Crippen LogP contribution >= 0.6 is 0 Å². The Kier molecular flexibility index (Phi) is 2.46. The van der Waals surface area contributed by atoms with Gasteiger partial charge in [0, 0.05) is 18.5 Å². The molecular formula is C16H20N2O. The summed E-state index contributed by atoms with van der Waals surface area (Å²) >= 11 is 0. The van der Waals surface area contributed by atoms with E-state index in [1.165, 1.54) is 24.8 Å². The van der Waals surface area contributed by atoms with Gasteiger partial charge in [-0.15, -0.1) is 0 Å². The lowest BCUT2D eigenvalue weighted by molar-refractivity contribution is -0.132. The molecule has 1 aromatic carbocycles. The number of hydrogen-bond donors (Lipinski definition) is 1. The summed E-state index contributed by atoms with van der Waals surface area (Å²) in [5.41, 5.74) is 1.05. The second kappa shape index (κ2) is 4.07. The van der Waals surface area contributed by atoms with Crippen molar-refractivity contribution in [1.29, 1.82) is 0 Å². The van der Waals surface area contributed by atoms with E-state index in [2.05, 4.69) is 34.5 Å². The van der Waals surface area contributed by atoms with Crippen LogP contribution in [-0.2, 0) is 10.5 Å². The second-order valence-corrected chi connectivity index (χ2v) is 6.09. The molecule has 3 fully saturated rings. The molecule has 0 bridgehead atoms. The fourth-order valence-corrected chi connectivity index (χ4v) is 4.33. The van der Waals surface area contributed by atoms with Gasteiger partial charge < -0.3 is 4.90 Å². The number of amides is 1. The Morgan fingerprint density at radius 2 is 1.95 bits per heavy atom. The summed E-state index contributed by atoms with van der Waals surface area (Å²) in [6.07, 6.45) is 6.54. The average molecular weight is 256 g/mol. The lowest BCUT2D eigenvalue weighted by Crippen LogP contribution is -2.47. The highest BCUT2D eigenvalue weighted by Gasteiger charge is 2.57. The molecule has 0 radical (unpaired) electrons. The maximum absolute atomic E-state index is 12.4. The molecule has 1 N–H and O–H groups in total. The van der Waals surface area contributed by atoms with Gasteiger partial charge in [0.15, 0.2) is 0 Å². The van der Waals surface area contributed by atoms with E-state index in [4.69, 9.17) is 0 Å². The van der Waals surface area contributed by atoms with Crippen LogP contribution in [0.2, 0.25) is 0 Å². The van der Waals surface area contributed by atoms with Gasteiger partial charge in [0.05, 0.1) is 0 Å². The zero-order chi connectivity index (χ0) is 12.9. The summed E-state index contributed by atoms with van der Waals surface area (Å²) in [6.45, 7) is 0. The summed E-state index contributed by atoms with van der Waals surface area (Å²) < 4.78 is 0. The first kappa shape index (κ1) is 11.5. The van der Waals surface area contributed by atoms with Crippen molar-refractivity contribution in [3.63, 3.8) is 0 Å². The number of hydrogen-bond acceptors (Lipinski definition) is 2. The normalized spacial score (nSPS) is 37.3. The average Bonchev–Trinajstić information content (AvgIpc) is 2.96. The molecule has 4 rings (SSSR count). The molecule has 2 heterocycles. The first-order chi connectivity index (χ1) is 9.31. The van der Waals surface area contributed by atoms with Crippen LogP contribution in [0.5, 0.6) is 0 Å². The Bertz CT molecular complexity index is 501. The molecule has 0 unspecified atom stereocenters. The highest BCUT2D eigenvalue weighted by atomic mass is 16.2. The fraction of sp³-hybridized carbons (Fsp3) is 0.562. The topological polar surface area (TPSA) is 32.3 Å². The smallest absolute Gasteiger partial charge is 0.224 e. The molecule has 1 aliphatic carbocycles. The summed E-state index contributed by atoms with van der Waals surface area (Å²) in [5.74, 6) is 0.339. The van der Waals surface area contributed by atoms with Crippen molar-refractivity contribution in [1.82, 2.24) is 10.2 Å². The standard InChI is InChI=1S/C16H20N2O/c19-15-10-11-16(12-6-2-1-3-7-12)17-13-8-4-5-9-14(13)18(15)16/h1-3,6-7,13-14,17H,4-5,8-11H2/t13-,14+,16+/m0/s1. The van der Waals surface area contributed by atoms with Gasteiger partial charge in [0.2, 0.25) is 5.91 Å². The molecule has 2 saturated heterocycles. The Labute approximate surface area is 114 Å². The second-order valence-electron chi connectivity index (χ2n) is 6.09. The Balaban J connectivity index is 1.80. The molecule has 1 aromatic rings.